The zero-order chi connectivity index (χ0) is 14.0. The minimum Gasteiger partial charge on any atom is -0.496 e. The standard InChI is InChI=1S/C15H13BrClIO/c1-9-7-14(19-2)11(8-12(9)16)15(17)10-5-3-4-6-13(10)18/h3-8,15H,1-2H3. The first kappa shape index (κ1) is 15.1. The minimum absolute atomic E-state index is 0.222. The minimum atomic E-state index is -0.222. The van der Waals surface area contributed by atoms with E-state index in [-0.39, 0.29) is 5.38 Å². The number of halogens is 3. The molecule has 0 saturated carbocycles. The van der Waals surface area contributed by atoms with Crippen LogP contribution in [0, 0.1) is 10.5 Å². The lowest BCUT2D eigenvalue weighted by molar-refractivity contribution is 0.409. The van der Waals surface area contributed by atoms with E-state index in [2.05, 4.69) is 44.6 Å². The first-order chi connectivity index (χ1) is 9.04. The fraction of sp³-hybridized carbons (Fsp3) is 0.200. The van der Waals surface area contributed by atoms with E-state index in [1.54, 1.807) is 7.11 Å². The van der Waals surface area contributed by atoms with Gasteiger partial charge in [-0.3, -0.25) is 0 Å². The van der Waals surface area contributed by atoms with Gasteiger partial charge in [-0.05, 0) is 58.8 Å². The van der Waals surface area contributed by atoms with Crippen LogP contribution in [0.5, 0.6) is 5.75 Å². The van der Waals surface area contributed by atoms with Gasteiger partial charge in [0.2, 0.25) is 0 Å². The Balaban J connectivity index is 2.52. The van der Waals surface area contributed by atoms with Crippen LogP contribution in [0.25, 0.3) is 0 Å². The van der Waals surface area contributed by atoms with E-state index >= 15 is 0 Å². The van der Waals surface area contributed by atoms with Crippen molar-refractivity contribution in [2.45, 2.75) is 12.3 Å². The molecule has 2 aromatic carbocycles. The van der Waals surface area contributed by atoms with Crippen LogP contribution in [0.1, 0.15) is 22.1 Å². The first-order valence-electron chi connectivity index (χ1n) is 5.77. The van der Waals surface area contributed by atoms with E-state index in [0.717, 1.165) is 30.5 Å². The Labute approximate surface area is 140 Å². The highest BCUT2D eigenvalue weighted by atomic mass is 127. The molecule has 1 nitrogen and oxygen atoms in total. The number of methoxy groups -OCH3 is 1. The van der Waals surface area contributed by atoms with Crippen LogP contribution in [0.4, 0.5) is 0 Å². The summed E-state index contributed by atoms with van der Waals surface area (Å²) in [6, 6.07) is 12.2. The van der Waals surface area contributed by atoms with E-state index in [9.17, 15) is 0 Å². The molecule has 0 aromatic heterocycles. The molecule has 0 saturated heterocycles. The van der Waals surface area contributed by atoms with E-state index in [1.807, 2.05) is 37.3 Å². The van der Waals surface area contributed by atoms with E-state index in [0.29, 0.717) is 0 Å². The molecule has 19 heavy (non-hydrogen) atoms. The molecule has 1 atom stereocenters. The first-order valence-corrected chi connectivity index (χ1v) is 8.08. The predicted molar refractivity (Wildman–Crippen MR) is 92.3 cm³/mol. The van der Waals surface area contributed by atoms with Gasteiger partial charge in [0.1, 0.15) is 5.75 Å². The molecule has 100 valence electrons. The van der Waals surface area contributed by atoms with Gasteiger partial charge in [0, 0.05) is 13.6 Å². The van der Waals surface area contributed by atoms with Gasteiger partial charge in [-0.1, -0.05) is 34.1 Å². The third-order valence-corrected chi connectivity index (χ3v) is 5.27. The van der Waals surface area contributed by atoms with Gasteiger partial charge in [-0.15, -0.1) is 11.6 Å². The molecule has 0 aliphatic heterocycles. The van der Waals surface area contributed by atoms with Crippen LogP contribution in [-0.2, 0) is 0 Å². The number of hydrogen-bond acceptors (Lipinski definition) is 1. The molecule has 0 radical (unpaired) electrons. The summed E-state index contributed by atoms with van der Waals surface area (Å²) in [4.78, 5) is 0. The van der Waals surface area contributed by atoms with Gasteiger partial charge in [-0.25, -0.2) is 0 Å². The van der Waals surface area contributed by atoms with Crippen LogP contribution in [0.3, 0.4) is 0 Å². The normalized spacial score (nSPS) is 12.3. The van der Waals surface area contributed by atoms with Crippen LogP contribution in [-0.4, -0.2) is 7.11 Å². The van der Waals surface area contributed by atoms with E-state index < -0.39 is 0 Å². The maximum Gasteiger partial charge on any atom is 0.124 e. The zero-order valence-electron chi connectivity index (χ0n) is 10.6. The van der Waals surface area contributed by atoms with Gasteiger partial charge in [0.15, 0.2) is 0 Å². The van der Waals surface area contributed by atoms with Crippen molar-refractivity contribution in [3.63, 3.8) is 0 Å². The lowest BCUT2D eigenvalue weighted by Gasteiger charge is -2.17. The summed E-state index contributed by atoms with van der Waals surface area (Å²) in [5, 5.41) is -0.222. The van der Waals surface area contributed by atoms with Crippen LogP contribution < -0.4 is 4.74 Å². The molecule has 0 heterocycles. The molecule has 0 bridgehead atoms. The number of aryl methyl sites for hydroxylation is 1. The maximum atomic E-state index is 6.64. The van der Waals surface area contributed by atoms with Crippen molar-refractivity contribution in [2.75, 3.05) is 7.11 Å². The Bertz CT molecular complexity index is 601. The van der Waals surface area contributed by atoms with E-state index in [1.165, 1.54) is 0 Å². The second-order valence-electron chi connectivity index (χ2n) is 4.23. The summed E-state index contributed by atoms with van der Waals surface area (Å²) in [6.45, 7) is 2.03. The van der Waals surface area contributed by atoms with Crippen LogP contribution in [0.2, 0.25) is 0 Å². The Hall–Kier alpha value is -0.260. The zero-order valence-corrected chi connectivity index (χ0v) is 15.1. The van der Waals surface area contributed by atoms with Crippen molar-refractivity contribution >= 4 is 50.1 Å². The Morgan fingerprint density at radius 1 is 1.21 bits per heavy atom. The number of ether oxygens (including phenoxy) is 1. The highest BCUT2D eigenvalue weighted by molar-refractivity contribution is 14.1. The van der Waals surface area contributed by atoms with Gasteiger partial charge < -0.3 is 4.74 Å². The Morgan fingerprint density at radius 3 is 2.53 bits per heavy atom. The van der Waals surface area contributed by atoms with Crippen molar-refractivity contribution < 1.29 is 4.74 Å². The van der Waals surface area contributed by atoms with Gasteiger partial charge in [0.05, 0.1) is 12.5 Å². The Morgan fingerprint density at radius 2 is 1.89 bits per heavy atom. The van der Waals surface area contributed by atoms with Gasteiger partial charge in [-0.2, -0.15) is 0 Å². The molecule has 0 aliphatic rings. The number of benzene rings is 2. The third kappa shape index (κ3) is 3.26. The van der Waals surface area contributed by atoms with Crippen molar-refractivity contribution in [1.82, 2.24) is 0 Å². The number of rotatable bonds is 3. The second-order valence-corrected chi connectivity index (χ2v) is 6.68. The van der Waals surface area contributed by atoms with Crippen molar-refractivity contribution in [3.05, 3.63) is 61.1 Å². The lowest BCUT2D eigenvalue weighted by Crippen LogP contribution is -2.00. The highest BCUT2D eigenvalue weighted by Crippen LogP contribution is 2.39. The summed E-state index contributed by atoms with van der Waals surface area (Å²) >= 11 is 12.5. The average molecular weight is 452 g/mol. The van der Waals surface area contributed by atoms with Crippen molar-refractivity contribution in [1.29, 1.82) is 0 Å². The van der Waals surface area contributed by atoms with E-state index in [4.69, 9.17) is 16.3 Å². The van der Waals surface area contributed by atoms with Gasteiger partial charge in [0.25, 0.3) is 0 Å². The summed E-state index contributed by atoms with van der Waals surface area (Å²) in [5.41, 5.74) is 3.21. The summed E-state index contributed by atoms with van der Waals surface area (Å²) in [6.07, 6.45) is 0. The molecular formula is C15H13BrClIO. The Kier molecular flexibility index (Phi) is 5.15. The molecule has 2 aromatic rings. The lowest BCUT2D eigenvalue weighted by atomic mass is 10.0. The molecule has 4 heteroatoms. The molecular weight excluding hydrogens is 438 g/mol. The fourth-order valence-electron chi connectivity index (χ4n) is 1.89. The largest absolute Gasteiger partial charge is 0.496 e. The third-order valence-electron chi connectivity index (χ3n) is 2.96. The topological polar surface area (TPSA) is 9.23 Å². The van der Waals surface area contributed by atoms with Crippen molar-refractivity contribution in [3.8, 4) is 5.75 Å². The molecule has 1 unspecified atom stereocenters. The smallest absolute Gasteiger partial charge is 0.124 e. The highest BCUT2D eigenvalue weighted by Gasteiger charge is 2.19. The molecule has 0 amide bonds. The molecule has 0 fully saturated rings. The quantitative estimate of drug-likeness (QED) is 0.430. The summed E-state index contributed by atoms with van der Waals surface area (Å²) in [7, 11) is 1.67. The van der Waals surface area contributed by atoms with Gasteiger partial charge >= 0.3 is 0 Å². The van der Waals surface area contributed by atoms with Crippen LogP contribution >= 0.6 is 50.1 Å². The molecule has 2 rings (SSSR count). The second kappa shape index (κ2) is 6.46. The summed E-state index contributed by atoms with van der Waals surface area (Å²) < 4.78 is 7.65. The fourth-order valence-corrected chi connectivity index (χ4v) is 3.50. The summed E-state index contributed by atoms with van der Waals surface area (Å²) in [5.74, 6) is 0.820. The number of alkyl halides is 1. The molecule has 0 N–H and O–H groups in total. The van der Waals surface area contributed by atoms with Crippen molar-refractivity contribution in [2.24, 2.45) is 0 Å². The number of hydrogen-bond donors (Lipinski definition) is 0. The monoisotopic (exact) mass is 450 g/mol. The van der Waals surface area contributed by atoms with Crippen LogP contribution in [0.15, 0.2) is 40.9 Å². The maximum absolute atomic E-state index is 6.64. The average Bonchev–Trinajstić information content (AvgIpc) is 2.41. The predicted octanol–water partition coefficient (Wildman–Crippen LogP) is 5.70. The molecule has 0 spiro atoms. The SMILES string of the molecule is COc1cc(C)c(Br)cc1C(Cl)c1ccccc1I. The molecule has 0 aliphatic carbocycles.